The first-order valence-corrected chi connectivity index (χ1v) is 4.67. The smallest absolute Gasteiger partial charge is 0.335 e. The monoisotopic (exact) mass is 170 g/mol. The lowest BCUT2D eigenvalue weighted by Crippen LogP contribution is -2.18. The number of carbonyl (C=O) groups is 1. The van der Waals surface area contributed by atoms with E-state index in [-0.39, 0.29) is 6.10 Å². The lowest BCUT2D eigenvalue weighted by Gasteiger charge is -2.18. The van der Waals surface area contributed by atoms with Crippen LogP contribution in [0.5, 0.6) is 0 Å². The van der Waals surface area contributed by atoms with E-state index in [1.54, 1.807) is 0 Å². The van der Waals surface area contributed by atoms with E-state index in [2.05, 4.69) is 0 Å². The molecule has 0 radical (unpaired) electrons. The summed E-state index contributed by atoms with van der Waals surface area (Å²) in [5.41, 5.74) is 0. The number of hydrogen-bond acceptors (Lipinski definition) is 2. The van der Waals surface area contributed by atoms with Crippen LogP contribution in [0.15, 0.2) is 0 Å². The predicted octanol–water partition coefficient (Wildman–Crippen LogP) is 1.42. The number of aliphatic carboxylic acids is 1. The third-order valence-electron chi connectivity index (χ3n) is 2.88. The SMILES string of the molecule is O=C(O)[C@@H]1O[C@@H]1C1CCCCC1. The maximum atomic E-state index is 10.5. The second kappa shape index (κ2) is 3.05. The van der Waals surface area contributed by atoms with Crippen LogP contribution in [0.2, 0.25) is 0 Å². The second-order valence-corrected chi connectivity index (χ2v) is 3.76. The number of ether oxygens (including phenoxy) is 1. The average molecular weight is 170 g/mol. The molecule has 1 saturated carbocycles. The van der Waals surface area contributed by atoms with E-state index in [1.165, 1.54) is 19.3 Å². The van der Waals surface area contributed by atoms with Crippen LogP contribution in [-0.4, -0.2) is 23.3 Å². The first-order valence-electron chi connectivity index (χ1n) is 4.67. The van der Waals surface area contributed by atoms with E-state index in [0.717, 1.165) is 12.8 Å². The molecule has 68 valence electrons. The summed E-state index contributed by atoms with van der Waals surface area (Å²) < 4.78 is 5.12. The zero-order chi connectivity index (χ0) is 8.55. The lowest BCUT2D eigenvalue weighted by molar-refractivity contribution is -0.138. The molecule has 0 aromatic heterocycles. The zero-order valence-corrected chi connectivity index (χ0v) is 7.03. The highest BCUT2D eigenvalue weighted by atomic mass is 16.6. The van der Waals surface area contributed by atoms with E-state index in [4.69, 9.17) is 9.84 Å². The van der Waals surface area contributed by atoms with Gasteiger partial charge in [-0.2, -0.15) is 0 Å². The Morgan fingerprint density at radius 2 is 1.92 bits per heavy atom. The summed E-state index contributed by atoms with van der Waals surface area (Å²) in [4.78, 5) is 10.5. The molecule has 0 unspecified atom stereocenters. The Balaban J connectivity index is 1.83. The first kappa shape index (κ1) is 8.05. The van der Waals surface area contributed by atoms with E-state index in [1.807, 2.05) is 0 Å². The minimum Gasteiger partial charge on any atom is -0.479 e. The fraction of sp³-hybridized carbons (Fsp3) is 0.889. The Morgan fingerprint density at radius 1 is 1.25 bits per heavy atom. The Labute approximate surface area is 71.7 Å². The minimum atomic E-state index is -0.787. The summed E-state index contributed by atoms with van der Waals surface area (Å²) in [6, 6.07) is 0. The highest BCUT2D eigenvalue weighted by molar-refractivity contribution is 5.75. The molecule has 0 bridgehead atoms. The molecule has 1 saturated heterocycles. The van der Waals surface area contributed by atoms with Gasteiger partial charge in [-0.15, -0.1) is 0 Å². The molecule has 3 heteroatoms. The minimum absolute atomic E-state index is 0.0443. The summed E-state index contributed by atoms with van der Waals surface area (Å²) in [7, 11) is 0. The summed E-state index contributed by atoms with van der Waals surface area (Å²) in [6.07, 6.45) is 5.69. The van der Waals surface area contributed by atoms with Gasteiger partial charge in [0, 0.05) is 0 Å². The van der Waals surface area contributed by atoms with Gasteiger partial charge < -0.3 is 9.84 Å². The Hall–Kier alpha value is -0.570. The maximum Gasteiger partial charge on any atom is 0.335 e. The van der Waals surface area contributed by atoms with E-state index in [0.29, 0.717) is 5.92 Å². The van der Waals surface area contributed by atoms with Crippen LogP contribution in [0, 0.1) is 5.92 Å². The molecule has 1 N–H and O–H groups in total. The van der Waals surface area contributed by atoms with Crippen molar-refractivity contribution < 1.29 is 14.6 Å². The van der Waals surface area contributed by atoms with Crippen LogP contribution in [0.25, 0.3) is 0 Å². The molecular formula is C9H14O3. The molecule has 2 aliphatic rings. The Bertz CT molecular complexity index is 184. The molecule has 0 aromatic carbocycles. The maximum absolute atomic E-state index is 10.5. The van der Waals surface area contributed by atoms with Gasteiger partial charge in [-0.1, -0.05) is 19.3 Å². The van der Waals surface area contributed by atoms with Gasteiger partial charge in [0.15, 0.2) is 6.10 Å². The van der Waals surface area contributed by atoms with Crippen molar-refractivity contribution in [3.05, 3.63) is 0 Å². The van der Waals surface area contributed by atoms with Crippen molar-refractivity contribution in [1.82, 2.24) is 0 Å². The third kappa shape index (κ3) is 1.46. The van der Waals surface area contributed by atoms with E-state index >= 15 is 0 Å². The molecule has 1 aliphatic carbocycles. The normalized spacial score (nSPS) is 36.3. The van der Waals surface area contributed by atoms with Crippen LogP contribution in [-0.2, 0) is 9.53 Å². The van der Waals surface area contributed by atoms with Crippen molar-refractivity contribution in [2.45, 2.75) is 44.3 Å². The Kier molecular flexibility index (Phi) is 2.05. The molecule has 3 nitrogen and oxygen atoms in total. The van der Waals surface area contributed by atoms with Crippen molar-refractivity contribution in [3.63, 3.8) is 0 Å². The van der Waals surface area contributed by atoms with Crippen molar-refractivity contribution in [1.29, 1.82) is 0 Å². The molecule has 0 aromatic rings. The van der Waals surface area contributed by atoms with Gasteiger partial charge in [0.05, 0.1) is 6.10 Å². The van der Waals surface area contributed by atoms with Crippen molar-refractivity contribution in [2.75, 3.05) is 0 Å². The van der Waals surface area contributed by atoms with Gasteiger partial charge in [-0.05, 0) is 18.8 Å². The van der Waals surface area contributed by atoms with Crippen molar-refractivity contribution in [2.24, 2.45) is 5.92 Å². The molecular weight excluding hydrogens is 156 g/mol. The lowest BCUT2D eigenvalue weighted by atomic mass is 9.86. The number of carboxylic acids is 1. The van der Waals surface area contributed by atoms with Crippen LogP contribution in [0.3, 0.4) is 0 Å². The summed E-state index contributed by atoms with van der Waals surface area (Å²) in [5, 5.41) is 8.63. The highest BCUT2D eigenvalue weighted by Crippen LogP contribution is 2.38. The van der Waals surface area contributed by atoms with Crippen LogP contribution in [0.4, 0.5) is 0 Å². The average Bonchev–Trinajstić information content (AvgIpc) is 2.84. The van der Waals surface area contributed by atoms with Gasteiger partial charge in [0.2, 0.25) is 0 Å². The Morgan fingerprint density at radius 3 is 2.42 bits per heavy atom. The molecule has 2 atom stereocenters. The molecule has 2 rings (SSSR count). The molecule has 1 aliphatic heterocycles. The second-order valence-electron chi connectivity index (χ2n) is 3.76. The zero-order valence-electron chi connectivity index (χ0n) is 7.03. The third-order valence-corrected chi connectivity index (χ3v) is 2.88. The van der Waals surface area contributed by atoms with E-state index in [9.17, 15) is 4.79 Å². The molecule has 0 amide bonds. The highest BCUT2D eigenvalue weighted by Gasteiger charge is 2.49. The summed E-state index contributed by atoms with van der Waals surface area (Å²) >= 11 is 0. The van der Waals surface area contributed by atoms with Gasteiger partial charge in [0.1, 0.15) is 0 Å². The quantitative estimate of drug-likeness (QED) is 0.637. The number of epoxide rings is 1. The first-order chi connectivity index (χ1) is 5.79. The summed E-state index contributed by atoms with van der Waals surface area (Å²) in [5.74, 6) is -0.259. The number of rotatable bonds is 2. The van der Waals surface area contributed by atoms with Gasteiger partial charge >= 0.3 is 5.97 Å². The number of carboxylic acid groups (broad SMARTS) is 1. The molecule has 0 spiro atoms. The van der Waals surface area contributed by atoms with Gasteiger partial charge in [-0.3, -0.25) is 0 Å². The summed E-state index contributed by atoms with van der Waals surface area (Å²) in [6.45, 7) is 0. The number of hydrogen-bond donors (Lipinski definition) is 1. The van der Waals surface area contributed by atoms with Gasteiger partial charge in [-0.25, -0.2) is 4.79 Å². The fourth-order valence-electron chi connectivity index (χ4n) is 2.14. The predicted molar refractivity (Wildman–Crippen MR) is 42.9 cm³/mol. The van der Waals surface area contributed by atoms with Gasteiger partial charge in [0.25, 0.3) is 0 Å². The molecule has 12 heavy (non-hydrogen) atoms. The van der Waals surface area contributed by atoms with E-state index < -0.39 is 12.1 Å². The largest absolute Gasteiger partial charge is 0.479 e. The van der Waals surface area contributed by atoms with Crippen LogP contribution >= 0.6 is 0 Å². The molecule has 2 fully saturated rings. The van der Waals surface area contributed by atoms with Crippen LogP contribution < -0.4 is 0 Å². The standard InChI is InChI=1S/C9H14O3/c10-9(11)8-7(12-8)6-4-2-1-3-5-6/h6-8H,1-5H2,(H,10,11)/t7-,8-/m1/s1. The van der Waals surface area contributed by atoms with Crippen molar-refractivity contribution in [3.8, 4) is 0 Å². The molecule has 1 heterocycles. The van der Waals surface area contributed by atoms with Crippen LogP contribution in [0.1, 0.15) is 32.1 Å². The topological polar surface area (TPSA) is 49.8 Å². The fourth-order valence-corrected chi connectivity index (χ4v) is 2.14. The van der Waals surface area contributed by atoms with Crippen molar-refractivity contribution >= 4 is 5.97 Å².